The van der Waals surface area contributed by atoms with E-state index >= 15 is 0 Å². The molecule has 0 bridgehead atoms. The maximum Gasteiger partial charge on any atom is 0.346 e. The van der Waals surface area contributed by atoms with Gasteiger partial charge in [-0.2, -0.15) is 5.10 Å². The topological polar surface area (TPSA) is 69.4 Å². The normalized spacial score (nSPS) is 22.9. The summed E-state index contributed by atoms with van der Waals surface area (Å²) in [7, 11) is 0. The van der Waals surface area contributed by atoms with Crippen LogP contribution in [0.2, 0.25) is 0 Å². The Bertz CT molecular complexity index is 601. The van der Waals surface area contributed by atoms with Crippen LogP contribution in [0, 0.1) is 6.92 Å². The average molecular weight is 310 g/mol. The number of rotatable bonds is 2. The fourth-order valence-electron chi connectivity index (χ4n) is 2.73. The molecule has 2 rings (SSSR count). The Morgan fingerprint density at radius 1 is 1.27 bits per heavy atom. The molecule has 1 saturated heterocycles. The van der Waals surface area contributed by atoms with Crippen molar-refractivity contribution in [2.45, 2.75) is 65.8 Å². The molecule has 0 radical (unpaired) electrons. The predicted molar refractivity (Wildman–Crippen MR) is 82.8 cm³/mol. The van der Waals surface area contributed by atoms with Crippen LogP contribution in [0.15, 0.2) is 4.79 Å². The molecule has 2 atom stereocenters. The number of morpholine rings is 1. The number of aryl methyl sites for hydroxylation is 1. The van der Waals surface area contributed by atoms with E-state index in [9.17, 15) is 9.59 Å². The molecular formula is C15H26N4O3. The molecule has 0 spiro atoms. The molecule has 0 aromatic carbocycles. The Balaban J connectivity index is 2.19. The van der Waals surface area contributed by atoms with Gasteiger partial charge in [-0.3, -0.25) is 9.36 Å². The molecule has 1 amide bonds. The zero-order valence-electron chi connectivity index (χ0n) is 14.3. The summed E-state index contributed by atoms with van der Waals surface area (Å²) in [6.07, 6.45) is 0.0330. The maximum atomic E-state index is 12.5. The van der Waals surface area contributed by atoms with Gasteiger partial charge in [0, 0.05) is 13.1 Å². The van der Waals surface area contributed by atoms with Gasteiger partial charge in [-0.25, -0.2) is 9.48 Å². The van der Waals surface area contributed by atoms with E-state index in [0.29, 0.717) is 18.9 Å². The molecule has 0 saturated carbocycles. The molecule has 1 fully saturated rings. The third-order valence-electron chi connectivity index (χ3n) is 3.75. The van der Waals surface area contributed by atoms with E-state index < -0.39 is 5.54 Å². The molecule has 7 heteroatoms. The molecule has 1 aromatic rings. The van der Waals surface area contributed by atoms with Gasteiger partial charge in [0.25, 0.3) is 0 Å². The number of carbonyl (C=O) groups excluding carboxylic acids is 1. The Morgan fingerprint density at radius 2 is 1.82 bits per heavy atom. The number of aromatic nitrogens is 3. The lowest BCUT2D eigenvalue weighted by Crippen LogP contribution is -2.49. The lowest BCUT2D eigenvalue weighted by atomic mass is 10.1. The highest BCUT2D eigenvalue weighted by atomic mass is 16.5. The van der Waals surface area contributed by atoms with Gasteiger partial charge in [0.05, 0.1) is 17.7 Å². The highest BCUT2D eigenvalue weighted by Crippen LogP contribution is 2.12. The summed E-state index contributed by atoms with van der Waals surface area (Å²) in [6.45, 7) is 12.5. The molecule has 2 heterocycles. The first-order valence-electron chi connectivity index (χ1n) is 7.69. The quantitative estimate of drug-likeness (QED) is 0.808. The Labute approximate surface area is 130 Å². The van der Waals surface area contributed by atoms with Crippen molar-refractivity contribution in [3.8, 4) is 0 Å². The van der Waals surface area contributed by atoms with Gasteiger partial charge in [-0.15, -0.1) is 0 Å². The zero-order valence-corrected chi connectivity index (χ0v) is 14.3. The van der Waals surface area contributed by atoms with Crippen molar-refractivity contribution < 1.29 is 9.53 Å². The molecule has 1 aromatic heterocycles. The van der Waals surface area contributed by atoms with Crippen LogP contribution in [-0.4, -0.2) is 50.5 Å². The van der Waals surface area contributed by atoms with E-state index in [2.05, 4.69) is 5.10 Å². The lowest BCUT2D eigenvalue weighted by Gasteiger charge is -2.35. The van der Waals surface area contributed by atoms with Crippen LogP contribution in [0.5, 0.6) is 0 Å². The van der Waals surface area contributed by atoms with Gasteiger partial charge >= 0.3 is 5.69 Å². The number of nitrogens with zero attached hydrogens (tertiary/aromatic N) is 4. The molecule has 7 nitrogen and oxygen atoms in total. The third kappa shape index (κ3) is 3.40. The Hall–Kier alpha value is -1.63. The maximum absolute atomic E-state index is 12.5. The molecule has 0 N–H and O–H groups in total. The summed E-state index contributed by atoms with van der Waals surface area (Å²) < 4.78 is 8.51. The summed E-state index contributed by atoms with van der Waals surface area (Å²) in [4.78, 5) is 26.7. The summed E-state index contributed by atoms with van der Waals surface area (Å²) in [5.41, 5.74) is -0.647. The summed E-state index contributed by atoms with van der Waals surface area (Å²) in [5.74, 6) is 0.489. The third-order valence-corrected chi connectivity index (χ3v) is 3.75. The van der Waals surface area contributed by atoms with Gasteiger partial charge in [0.2, 0.25) is 5.91 Å². The van der Waals surface area contributed by atoms with Crippen molar-refractivity contribution in [2.24, 2.45) is 0 Å². The van der Waals surface area contributed by atoms with E-state index in [0.717, 1.165) is 0 Å². The van der Waals surface area contributed by atoms with Crippen LogP contribution in [0.3, 0.4) is 0 Å². The summed E-state index contributed by atoms with van der Waals surface area (Å²) in [5, 5.41) is 4.28. The molecule has 124 valence electrons. The first-order valence-corrected chi connectivity index (χ1v) is 7.69. The minimum atomic E-state index is -0.405. The zero-order chi connectivity index (χ0) is 16.7. The smallest absolute Gasteiger partial charge is 0.346 e. The fraction of sp³-hybridized carbons (Fsp3) is 0.800. The minimum absolute atomic E-state index is 0.0165. The minimum Gasteiger partial charge on any atom is -0.372 e. The number of amides is 1. The van der Waals surface area contributed by atoms with Gasteiger partial charge in [-0.1, -0.05) is 0 Å². The van der Waals surface area contributed by atoms with Crippen LogP contribution >= 0.6 is 0 Å². The largest absolute Gasteiger partial charge is 0.372 e. The van der Waals surface area contributed by atoms with Crippen LogP contribution in [0.25, 0.3) is 0 Å². The van der Waals surface area contributed by atoms with Gasteiger partial charge < -0.3 is 9.64 Å². The standard InChI is InChI=1S/C15H26N4O3/c1-10-7-17(8-11(2)22-10)13(20)9-18-12(3)16-19(14(18)21)15(4,5)6/h10-11H,7-9H2,1-6H3/t10-,11+. The lowest BCUT2D eigenvalue weighted by molar-refractivity contribution is -0.143. The van der Waals surface area contributed by atoms with Crippen LogP contribution in [-0.2, 0) is 21.6 Å². The van der Waals surface area contributed by atoms with E-state index in [-0.39, 0.29) is 30.3 Å². The Morgan fingerprint density at radius 3 is 2.27 bits per heavy atom. The van der Waals surface area contributed by atoms with E-state index in [1.54, 1.807) is 11.8 Å². The van der Waals surface area contributed by atoms with E-state index in [4.69, 9.17) is 4.74 Å². The second-order valence-electron chi connectivity index (χ2n) is 7.05. The second kappa shape index (κ2) is 5.87. The SMILES string of the molecule is Cc1nn(C(C)(C)C)c(=O)n1CC(=O)N1C[C@@H](C)O[C@@H](C)C1. The number of hydrogen-bond donors (Lipinski definition) is 0. The molecule has 0 unspecified atom stereocenters. The van der Waals surface area contributed by atoms with Crippen molar-refractivity contribution in [3.63, 3.8) is 0 Å². The molecule has 0 aliphatic carbocycles. The number of carbonyl (C=O) groups is 1. The average Bonchev–Trinajstić information content (AvgIpc) is 2.65. The van der Waals surface area contributed by atoms with Crippen molar-refractivity contribution in [3.05, 3.63) is 16.3 Å². The van der Waals surface area contributed by atoms with Crippen molar-refractivity contribution in [1.82, 2.24) is 19.2 Å². The summed E-state index contributed by atoms with van der Waals surface area (Å²) in [6, 6.07) is 0. The van der Waals surface area contributed by atoms with Crippen molar-refractivity contribution in [1.29, 1.82) is 0 Å². The fourth-order valence-corrected chi connectivity index (χ4v) is 2.73. The van der Waals surface area contributed by atoms with Crippen LogP contribution < -0.4 is 5.69 Å². The van der Waals surface area contributed by atoms with Crippen molar-refractivity contribution in [2.75, 3.05) is 13.1 Å². The first-order chi connectivity index (χ1) is 10.1. The molecule has 1 aliphatic heterocycles. The Kier molecular flexibility index (Phi) is 4.47. The predicted octanol–water partition coefficient (Wildman–Crippen LogP) is 0.744. The van der Waals surface area contributed by atoms with Crippen LogP contribution in [0.1, 0.15) is 40.4 Å². The molecule has 22 heavy (non-hydrogen) atoms. The van der Waals surface area contributed by atoms with Crippen molar-refractivity contribution >= 4 is 5.91 Å². The molecular weight excluding hydrogens is 284 g/mol. The van der Waals surface area contributed by atoms with E-state index in [1.807, 2.05) is 34.6 Å². The first kappa shape index (κ1) is 16.7. The monoisotopic (exact) mass is 310 g/mol. The second-order valence-corrected chi connectivity index (χ2v) is 7.05. The van der Waals surface area contributed by atoms with Gasteiger partial charge in [-0.05, 0) is 41.5 Å². The highest BCUT2D eigenvalue weighted by molar-refractivity contribution is 5.76. The van der Waals surface area contributed by atoms with Crippen LogP contribution in [0.4, 0.5) is 0 Å². The van der Waals surface area contributed by atoms with Gasteiger partial charge in [0.1, 0.15) is 12.4 Å². The summed E-state index contributed by atoms with van der Waals surface area (Å²) >= 11 is 0. The van der Waals surface area contributed by atoms with Gasteiger partial charge in [0.15, 0.2) is 0 Å². The highest BCUT2D eigenvalue weighted by Gasteiger charge is 2.28. The number of hydrogen-bond acceptors (Lipinski definition) is 4. The van der Waals surface area contributed by atoms with E-state index in [1.165, 1.54) is 9.25 Å². The number of ether oxygens (including phenoxy) is 1. The molecule has 1 aliphatic rings.